The normalized spacial score (nSPS) is 19.0. The predicted molar refractivity (Wildman–Crippen MR) is 116 cm³/mol. The molecule has 8 heteroatoms. The number of carbonyl (C=O) groups is 1. The van der Waals surface area contributed by atoms with E-state index in [1.807, 2.05) is 26.0 Å². The first kappa shape index (κ1) is 19.6. The van der Waals surface area contributed by atoms with Gasteiger partial charge in [0.25, 0.3) is 0 Å². The molecule has 1 aliphatic rings. The molecular weight excluding hydrogens is 397 g/mol. The molecule has 1 saturated carbocycles. The molecule has 0 aliphatic heterocycles. The Bertz CT molecular complexity index is 1320. The highest BCUT2D eigenvalue weighted by atomic mass is 19.1. The van der Waals surface area contributed by atoms with Crippen LogP contribution in [0.3, 0.4) is 0 Å². The molecule has 1 fully saturated rings. The summed E-state index contributed by atoms with van der Waals surface area (Å²) in [4.78, 5) is 28.6. The standard InChI is InChI=1S/C23H22FN5O2/c1-3-19(30)18-4-11(2)16(9-25-18)14-5-12-8-26-20(29-23(31)15-6-17(15)24)7-13(12)21-22(14)28-10-27-21/h4-5,7-10,15,17,19,30H,3,6H2,1-2H3,(H,27,28)(H,26,29,31)/t15-,17+,19?/m0/s1. The molecule has 3 heterocycles. The van der Waals surface area contributed by atoms with Crippen molar-refractivity contribution in [2.45, 2.75) is 39.0 Å². The fourth-order valence-electron chi connectivity index (χ4n) is 3.90. The Labute approximate surface area is 177 Å². The molecule has 1 aromatic carbocycles. The Morgan fingerprint density at radius 3 is 2.77 bits per heavy atom. The number of hydrogen-bond donors (Lipinski definition) is 3. The van der Waals surface area contributed by atoms with Crippen molar-refractivity contribution in [2.24, 2.45) is 5.92 Å². The third kappa shape index (κ3) is 3.42. The number of rotatable bonds is 5. The van der Waals surface area contributed by atoms with E-state index in [0.29, 0.717) is 17.9 Å². The minimum atomic E-state index is -1.05. The first-order valence-corrected chi connectivity index (χ1v) is 10.3. The summed E-state index contributed by atoms with van der Waals surface area (Å²) in [6.07, 6.45) is 4.32. The van der Waals surface area contributed by atoms with Crippen molar-refractivity contribution < 1.29 is 14.3 Å². The van der Waals surface area contributed by atoms with Crippen molar-refractivity contribution in [3.8, 4) is 11.1 Å². The van der Waals surface area contributed by atoms with Gasteiger partial charge in [-0.1, -0.05) is 6.92 Å². The van der Waals surface area contributed by atoms with E-state index in [0.717, 1.165) is 38.5 Å². The van der Waals surface area contributed by atoms with Crippen LogP contribution < -0.4 is 5.32 Å². The number of aromatic nitrogens is 4. The van der Waals surface area contributed by atoms with E-state index in [1.165, 1.54) is 0 Å². The van der Waals surface area contributed by atoms with Crippen molar-refractivity contribution in [2.75, 3.05) is 5.32 Å². The molecule has 5 rings (SSSR count). The number of hydrogen-bond acceptors (Lipinski definition) is 5. The molecule has 1 amide bonds. The van der Waals surface area contributed by atoms with Crippen molar-refractivity contribution >= 4 is 33.5 Å². The van der Waals surface area contributed by atoms with E-state index in [-0.39, 0.29) is 12.3 Å². The van der Waals surface area contributed by atoms with Crippen molar-refractivity contribution in [1.29, 1.82) is 0 Å². The summed E-state index contributed by atoms with van der Waals surface area (Å²) in [5.41, 5.74) is 5.06. The van der Waals surface area contributed by atoms with Gasteiger partial charge in [-0.05, 0) is 43.5 Å². The second kappa shape index (κ2) is 7.39. The fraction of sp³-hybridized carbons (Fsp3) is 0.304. The molecule has 3 atom stereocenters. The van der Waals surface area contributed by atoms with Crippen LogP contribution in [0.15, 0.2) is 36.9 Å². The molecule has 1 unspecified atom stereocenters. The minimum absolute atomic E-state index is 0.273. The summed E-state index contributed by atoms with van der Waals surface area (Å²) in [6, 6.07) is 5.67. The summed E-state index contributed by atoms with van der Waals surface area (Å²) in [5.74, 6) is -0.527. The maximum atomic E-state index is 13.2. The summed E-state index contributed by atoms with van der Waals surface area (Å²) >= 11 is 0. The molecule has 7 nitrogen and oxygen atoms in total. The van der Waals surface area contributed by atoms with Gasteiger partial charge in [0, 0.05) is 34.3 Å². The van der Waals surface area contributed by atoms with Gasteiger partial charge in [-0.15, -0.1) is 0 Å². The van der Waals surface area contributed by atoms with E-state index in [1.54, 1.807) is 24.8 Å². The third-order valence-corrected chi connectivity index (χ3v) is 5.85. The lowest BCUT2D eigenvalue weighted by molar-refractivity contribution is -0.117. The van der Waals surface area contributed by atoms with Crippen LogP contribution in [-0.4, -0.2) is 37.1 Å². The number of nitrogens with one attached hydrogen (secondary N) is 2. The zero-order valence-corrected chi connectivity index (χ0v) is 17.2. The lowest BCUT2D eigenvalue weighted by Gasteiger charge is -2.13. The van der Waals surface area contributed by atoms with E-state index in [2.05, 4.69) is 25.3 Å². The molecule has 158 valence electrons. The number of imidazole rings is 1. The van der Waals surface area contributed by atoms with Crippen molar-refractivity contribution in [3.63, 3.8) is 0 Å². The zero-order valence-electron chi connectivity index (χ0n) is 17.2. The average Bonchev–Trinajstić information content (AvgIpc) is 3.30. The number of nitrogens with zero attached hydrogens (tertiary/aromatic N) is 3. The van der Waals surface area contributed by atoms with Gasteiger partial charge in [0.15, 0.2) is 0 Å². The molecule has 0 radical (unpaired) electrons. The van der Waals surface area contributed by atoms with Gasteiger partial charge in [0.1, 0.15) is 12.0 Å². The van der Waals surface area contributed by atoms with Gasteiger partial charge in [-0.3, -0.25) is 9.78 Å². The Morgan fingerprint density at radius 1 is 1.26 bits per heavy atom. The zero-order chi connectivity index (χ0) is 21.7. The molecular formula is C23H22FN5O2. The third-order valence-electron chi connectivity index (χ3n) is 5.85. The van der Waals surface area contributed by atoms with Crippen LogP contribution >= 0.6 is 0 Å². The maximum Gasteiger partial charge on any atom is 0.231 e. The number of carbonyl (C=O) groups excluding carboxylic acids is 1. The number of amides is 1. The number of anilines is 1. The van der Waals surface area contributed by atoms with Crippen molar-refractivity contribution in [1.82, 2.24) is 19.9 Å². The first-order chi connectivity index (χ1) is 15.0. The second-order valence-corrected chi connectivity index (χ2v) is 8.04. The number of aromatic amines is 1. The molecule has 4 aromatic rings. The SMILES string of the molecule is CCC(O)c1cc(C)c(-c2cc3cnc(NC(=O)[C@H]4C[C@H]4F)cc3c3[nH]cnc23)cn1. The van der Waals surface area contributed by atoms with E-state index in [9.17, 15) is 14.3 Å². The Hall–Kier alpha value is -3.39. The van der Waals surface area contributed by atoms with E-state index >= 15 is 0 Å². The number of pyridine rings is 2. The van der Waals surface area contributed by atoms with Gasteiger partial charge in [-0.25, -0.2) is 14.4 Å². The number of fused-ring (bicyclic) bond motifs is 3. The van der Waals surface area contributed by atoms with Crippen molar-refractivity contribution in [3.05, 3.63) is 48.2 Å². The number of aliphatic hydroxyl groups excluding tert-OH is 1. The van der Waals surface area contributed by atoms with Crippen LogP contribution in [0, 0.1) is 12.8 Å². The van der Waals surface area contributed by atoms with Gasteiger partial charge < -0.3 is 15.4 Å². The molecule has 31 heavy (non-hydrogen) atoms. The topological polar surface area (TPSA) is 104 Å². The lowest BCUT2D eigenvalue weighted by Crippen LogP contribution is -2.15. The fourth-order valence-corrected chi connectivity index (χ4v) is 3.90. The largest absolute Gasteiger partial charge is 0.387 e. The van der Waals surface area contributed by atoms with Crippen LogP contribution in [0.4, 0.5) is 10.2 Å². The average molecular weight is 419 g/mol. The highest BCUT2D eigenvalue weighted by Gasteiger charge is 2.43. The van der Waals surface area contributed by atoms with E-state index in [4.69, 9.17) is 0 Å². The van der Waals surface area contributed by atoms with Gasteiger partial charge in [0.05, 0.1) is 35.1 Å². The van der Waals surface area contributed by atoms with Crippen LogP contribution in [0.2, 0.25) is 0 Å². The Kier molecular flexibility index (Phi) is 4.66. The Balaban J connectivity index is 1.58. The lowest BCUT2D eigenvalue weighted by atomic mass is 9.97. The highest BCUT2D eigenvalue weighted by Crippen LogP contribution is 2.37. The number of aliphatic hydroxyl groups is 1. The van der Waals surface area contributed by atoms with Gasteiger partial charge >= 0.3 is 0 Å². The first-order valence-electron chi connectivity index (χ1n) is 10.3. The minimum Gasteiger partial charge on any atom is -0.387 e. The molecule has 0 bridgehead atoms. The summed E-state index contributed by atoms with van der Waals surface area (Å²) in [5, 5.41) is 14.5. The second-order valence-electron chi connectivity index (χ2n) is 8.04. The van der Waals surface area contributed by atoms with Gasteiger partial charge in [-0.2, -0.15) is 0 Å². The molecule has 3 aromatic heterocycles. The number of benzene rings is 1. The Morgan fingerprint density at radius 2 is 2.06 bits per heavy atom. The highest BCUT2D eigenvalue weighted by molar-refractivity contribution is 6.11. The molecule has 1 aliphatic carbocycles. The summed E-state index contributed by atoms with van der Waals surface area (Å²) < 4.78 is 13.2. The summed E-state index contributed by atoms with van der Waals surface area (Å²) in [6.45, 7) is 3.90. The quantitative estimate of drug-likeness (QED) is 0.449. The molecule has 0 saturated heterocycles. The smallest absolute Gasteiger partial charge is 0.231 e. The number of H-pyrrole nitrogens is 1. The molecule has 0 spiro atoms. The predicted octanol–water partition coefficient (Wildman–Crippen LogP) is 4.22. The molecule has 3 N–H and O–H groups in total. The number of aryl methyl sites for hydroxylation is 1. The van der Waals surface area contributed by atoms with Crippen LogP contribution in [0.1, 0.15) is 37.1 Å². The van der Waals surface area contributed by atoms with Crippen LogP contribution in [-0.2, 0) is 4.79 Å². The monoisotopic (exact) mass is 419 g/mol. The maximum absolute atomic E-state index is 13.2. The summed E-state index contributed by atoms with van der Waals surface area (Å²) in [7, 11) is 0. The number of alkyl halides is 1. The van der Waals surface area contributed by atoms with Crippen LogP contribution in [0.25, 0.3) is 32.9 Å². The number of halogens is 1. The van der Waals surface area contributed by atoms with E-state index < -0.39 is 18.2 Å². The van der Waals surface area contributed by atoms with Crippen LogP contribution in [0.5, 0.6) is 0 Å². The van der Waals surface area contributed by atoms with Gasteiger partial charge in [0.2, 0.25) is 5.91 Å².